The molecule has 0 amide bonds. The van der Waals surface area contributed by atoms with Crippen molar-refractivity contribution in [3.63, 3.8) is 0 Å². The molecule has 0 aliphatic heterocycles. The van der Waals surface area contributed by atoms with Crippen LogP contribution in [0.2, 0.25) is 0 Å². The fourth-order valence-electron chi connectivity index (χ4n) is 2.26. The number of aliphatic imine (C=N–C) groups is 1. The molecule has 3 N–H and O–H groups in total. The van der Waals surface area contributed by atoms with Crippen LogP contribution in [0.1, 0.15) is 25.2 Å². The van der Waals surface area contributed by atoms with Gasteiger partial charge in [-0.05, 0) is 50.1 Å². The molecule has 0 bridgehead atoms. The predicted molar refractivity (Wildman–Crippen MR) is 92.4 cm³/mol. The molecule has 1 atom stereocenters. The molecular formula is C18H24FN3O2. The van der Waals surface area contributed by atoms with Crippen molar-refractivity contribution >= 4 is 5.96 Å². The van der Waals surface area contributed by atoms with Crippen molar-refractivity contribution in [3.05, 3.63) is 59.8 Å². The van der Waals surface area contributed by atoms with Crippen molar-refractivity contribution in [2.45, 2.75) is 25.9 Å². The van der Waals surface area contributed by atoms with Crippen LogP contribution in [0.5, 0.6) is 0 Å². The Balaban J connectivity index is 1.91. The van der Waals surface area contributed by atoms with E-state index in [1.54, 1.807) is 25.1 Å². The number of hydrogen-bond acceptors (Lipinski definition) is 3. The maximum Gasteiger partial charge on any atom is 0.191 e. The third kappa shape index (κ3) is 5.38. The summed E-state index contributed by atoms with van der Waals surface area (Å²) in [5.41, 5.74) is -0.255. The molecule has 6 heteroatoms. The van der Waals surface area contributed by atoms with Gasteiger partial charge in [0.05, 0.1) is 12.8 Å². The van der Waals surface area contributed by atoms with Crippen LogP contribution in [0.4, 0.5) is 4.39 Å². The summed E-state index contributed by atoms with van der Waals surface area (Å²) < 4.78 is 18.4. The molecule has 0 saturated carbocycles. The van der Waals surface area contributed by atoms with E-state index in [0.29, 0.717) is 31.2 Å². The first-order valence-corrected chi connectivity index (χ1v) is 8.04. The lowest BCUT2D eigenvalue weighted by Crippen LogP contribution is -2.39. The van der Waals surface area contributed by atoms with Gasteiger partial charge in [0.2, 0.25) is 0 Å². The van der Waals surface area contributed by atoms with E-state index in [0.717, 1.165) is 5.56 Å². The number of aliphatic hydroxyl groups is 1. The first-order valence-electron chi connectivity index (χ1n) is 8.04. The Morgan fingerprint density at radius 2 is 2.12 bits per heavy atom. The van der Waals surface area contributed by atoms with Crippen LogP contribution in [0.15, 0.2) is 52.1 Å². The lowest BCUT2D eigenvalue weighted by atomic mass is 10.0. The van der Waals surface area contributed by atoms with E-state index in [1.165, 1.54) is 18.4 Å². The highest BCUT2D eigenvalue weighted by molar-refractivity contribution is 5.79. The van der Waals surface area contributed by atoms with Crippen molar-refractivity contribution in [1.82, 2.24) is 10.6 Å². The van der Waals surface area contributed by atoms with Gasteiger partial charge >= 0.3 is 0 Å². The van der Waals surface area contributed by atoms with E-state index < -0.39 is 5.60 Å². The van der Waals surface area contributed by atoms with Crippen LogP contribution in [0.25, 0.3) is 0 Å². The van der Waals surface area contributed by atoms with E-state index in [-0.39, 0.29) is 12.4 Å². The van der Waals surface area contributed by atoms with Gasteiger partial charge < -0.3 is 20.2 Å². The Labute approximate surface area is 141 Å². The van der Waals surface area contributed by atoms with Gasteiger partial charge in [0.25, 0.3) is 0 Å². The summed E-state index contributed by atoms with van der Waals surface area (Å²) in [5.74, 6) is 0.838. The van der Waals surface area contributed by atoms with Gasteiger partial charge in [-0.1, -0.05) is 12.1 Å². The van der Waals surface area contributed by atoms with Gasteiger partial charge in [-0.25, -0.2) is 9.38 Å². The second kappa shape index (κ2) is 8.49. The van der Waals surface area contributed by atoms with Crippen molar-refractivity contribution in [1.29, 1.82) is 0 Å². The fraction of sp³-hybridized carbons (Fsp3) is 0.389. The lowest BCUT2D eigenvalue weighted by molar-refractivity contribution is 0.0437. The Morgan fingerprint density at radius 3 is 2.79 bits per heavy atom. The Bertz CT molecular complexity index is 654. The summed E-state index contributed by atoms with van der Waals surface area (Å²) in [4.78, 5) is 4.40. The topological polar surface area (TPSA) is 69.8 Å². The van der Waals surface area contributed by atoms with Gasteiger partial charge in [-0.3, -0.25) is 0 Å². The van der Waals surface area contributed by atoms with Crippen LogP contribution in [-0.2, 0) is 12.0 Å². The number of guanidine groups is 1. The first-order chi connectivity index (χ1) is 11.5. The number of furan rings is 1. The zero-order chi connectivity index (χ0) is 17.4. The molecule has 0 spiro atoms. The molecule has 2 rings (SSSR count). The van der Waals surface area contributed by atoms with Crippen molar-refractivity contribution in [2.24, 2.45) is 4.99 Å². The van der Waals surface area contributed by atoms with Gasteiger partial charge in [-0.15, -0.1) is 0 Å². The minimum absolute atomic E-state index is 0.163. The highest BCUT2D eigenvalue weighted by Crippen LogP contribution is 2.20. The SMILES string of the molecule is CCNC(=NCC(C)(O)c1ccco1)NCCc1cccc(F)c1. The molecule has 24 heavy (non-hydrogen) atoms. The monoisotopic (exact) mass is 333 g/mol. The van der Waals surface area contributed by atoms with Gasteiger partial charge in [0.1, 0.15) is 17.2 Å². The summed E-state index contributed by atoms with van der Waals surface area (Å²) in [6, 6.07) is 9.99. The van der Waals surface area contributed by atoms with E-state index in [9.17, 15) is 9.50 Å². The summed E-state index contributed by atoms with van der Waals surface area (Å²) >= 11 is 0. The van der Waals surface area contributed by atoms with E-state index >= 15 is 0 Å². The minimum Gasteiger partial charge on any atom is -0.466 e. The predicted octanol–water partition coefficient (Wildman–Crippen LogP) is 2.42. The molecule has 5 nitrogen and oxygen atoms in total. The number of nitrogens with zero attached hydrogens (tertiary/aromatic N) is 1. The Morgan fingerprint density at radius 1 is 1.29 bits per heavy atom. The second-order valence-electron chi connectivity index (χ2n) is 5.75. The number of benzene rings is 1. The van der Waals surface area contributed by atoms with Crippen LogP contribution in [-0.4, -0.2) is 30.7 Å². The first kappa shape index (κ1) is 18.0. The third-order valence-corrected chi connectivity index (χ3v) is 3.54. The summed E-state index contributed by atoms with van der Waals surface area (Å²) in [5, 5.41) is 16.7. The summed E-state index contributed by atoms with van der Waals surface area (Å²) in [7, 11) is 0. The van der Waals surface area contributed by atoms with Crippen LogP contribution in [0, 0.1) is 5.82 Å². The van der Waals surface area contributed by atoms with Gasteiger partial charge in [-0.2, -0.15) is 0 Å². The summed E-state index contributed by atoms with van der Waals surface area (Å²) in [6.45, 7) is 5.10. The molecule has 1 aromatic heterocycles. The molecular weight excluding hydrogens is 309 g/mol. The van der Waals surface area contributed by atoms with Crippen LogP contribution >= 0.6 is 0 Å². The lowest BCUT2D eigenvalue weighted by Gasteiger charge is -2.19. The quantitative estimate of drug-likeness (QED) is 0.538. The number of hydrogen-bond donors (Lipinski definition) is 3. The van der Waals surface area contributed by atoms with Crippen LogP contribution in [0.3, 0.4) is 0 Å². The van der Waals surface area contributed by atoms with Crippen molar-refractivity contribution in [2.75, 3.05) is 19.6 Å². The smallest absolute Gasteiger partial charge is 0.191 e. The highest BCUT2D eigenvalue weighted by atomic mass is 19.1. The molecule has 0 aliphatic rings. The molecule has 0 fully saturated rings. The van der Waals surface area contributed by atoms with Gasteiger partial charge in [0.15, 0.2) is 5.96 Å². The number of nitrogens with one attached hydrogen (secondary N) is 2. The zero-order valence-electron chi connectivity index (χ0n) is 14.1. The Hall–Kier alpha value is -2.34. The number of halogens is 1. The fourth-order valence-corrected chi connectivity index (χ4v) is 2.26. The second-order valence-corrected chi connectivity index (χ2v) is 5.75. The Kier molecular flexibility index (Phi) is 6.37. The summed E-state index contributed by atoms with van der Waals surface area (Å²) in [6.07, 6.45) is 2.20. The molecule has 2 aromatic rings. The van der Waals surface area contributed by atoms with Gasteiger partial charge in [0, 0.05) is 13.1 Å². The highest BCUT2D eigenvalue weighted by Gasteiger charge is 2.25. The maximum atomic E-state index is 13.2. The van der Waals surface area contributed by atoms with Crippen molar-refractivity contribution < 1.29 is 13.9 Å². The normalized spacial score (nSPS) is 14.2. The molecule has 0 radical (unpaired) electrons. The maximum absolute atomic E-state index is 13.2. The molecule has 1 heterocycles. The molecule has 0 saturated heterocycles. The van der Waals surface area contributed by atoms with E-state index in [2.05, 4.69) is 15.6 Å². The van der Waals surface area contributed by atoms with E-state index in [4.69, 9.17) is 4.42 Å². The average molecular weight is 333 g/mol. The molecule has 1 unspecified atom stereocenters. The molecule has 1 aromatic carbocycles. The standard InChI is InChI=1S/C18H24FN3O2/c1-3-20-17(21-10-9-14-6-4-7-15(19)12-14)22-13-18(2,23)16-8-5-11-24-16/h4-8,11-12,23H,3,9-10,13H2,1-2H3,(H2,20,21,22). The van der Waals surface area contributed by atoms with Crippen molar-refractivity contribution in [3.8, 4) is 0 Å². The van der Waals surface area contributed by atoms with E-state index in [1.807, 2.05) is 13.0 Å². The number of rotatable bonds is 7. The molecule has 130 valence electrons. The molecule has 0 aliphatic carbocycles. The minimum atomic E-state index is -1.17. The van der Waals surface area contributed by atoms with Crippen LogP contribution < -0.4 is 10.6 Å². The average Bonchev–Trinajstić information content (AvgIpc) is 3.08. The third-order valence-electron chi connectivity index (χ3n) is 3.54. The largest absolute Gasteiger partial charge is 0.466 e. The zero-order valence-corrected chi connectivity index (χ0v) is 14.1.